The van der Waals surface area contributed by atoms with E-state index in [4.69, 9.17) is 5.21 Å². The van der Waals surface area contributed by atoms with E-state index in [2.05, 4.69) is 30.5 Å². The van der Waals surface area contributed by atoms with Crippen LogP contribution in [-0.4, -0.2) is 29.6 Å². The third-order valence-electron chi connectivity index (χ3n) is 5.32. The summed E-state index contributed by atoms with van der Waals surface area (Å²) in [5, 5.41) is 15.2. The quantitative estimate of drug-likeness (QED) is 0.427. The minimum Gasteiger partial charge on any atom is -0.383 e. The summed E-state index contributed by atoms with van der Waals surface area (Å²) in [6.07, 6.45) is 4.77. The van der Waals surface area contributed by atoms with Gasteiger partial charge in [-0.2, -0.15) is 0 Å². The standard InChI is InChI=1S/C23H29N3O3/c1-3-5-15-7-8-17(11-16(15)6-4-2)22(27)25-20-13-19-12-18(23(28)26-29)9-10-21(19)24-14-20/h7-12,20,24,29H,3-6,13-14H2,1-2H3,(H,25,27)(H,26,28). The molecule has 0 saturated carbocycles. The highest BCUT2D eigenvalue weighted by Gasteiger charge is 2.22. The molecule has 1 aliphatic rings. The van der Waals surface area contributed by atoms with Crippen LogP contribution in [-0.2, 0) is 19.3 Å². The number of benzene rings is 2. The number of fused-ring (bicyclic) bond motifs is 1. The average Bonchev–Trinajstić information content (AvgIpc) is 2.74. The number of hydroxylamine groups is 1. The van der Waals surface area contributed by atoms with Crippen LogP contribution in [0.3, 0.4) is 0 Å². The molecule has 1 aliphatic heterocycles. The molecule has 2 aromatic rings. The lowest BCUT2D eigenvalue weighted by molar-refractivity contribution is 0.0706. The molecule has 1 unspecified atom stereocenters. The third kappa shape index (κ3) is 4.95. The Morgan fingerprint density at radius 3 is 2.41 bits per heavy atom. The van der Waals surface area contributed by atoms with Gasteiger partial charge in [-0.05, 0) is 66.3 Å². The fraction of sp³-hybridized carbons (Fsp3) is 0.391. The fourth-order valence-corrected chi connectivity index (χ4v) is 3.86. The van der Waals surface area contributed by atoms with E-state index < -0.39 is 5.91 Å². The Labute approximate surface area is 171 Å². The first-order valence-corrected chi connectivity index (χ1v) is 10.3. The van der Waals surface area contributed by atoms with Gasteiger partial charge in [0, 0.05) is 23.4 Å². The summed E-state index contributed by atoms with van der Waals surface area (Å²) in [6, 6.07) is 11.2. The fourth-order valence-electron chi connectivity index (χ4n) is 3.86. The zero-order chi connectivity index (χ0) is 20.8. The molecule has 1 heterocycles. The lowest BCUT2D eigenvalue weighted by Crippen LogP contribution is -2.43. The molecule has 0 radical (unpaired) electrons. The summed E-state index contributed by atoms with van der Waals surface area (Å²) in [6.45, 7) is 4.94. The van der Waals surface area contributed by atoms with E-state index in [-0.39, 0.29) is 11.9 Å². The van der Waals surface area contributed by atoms with Crippen molar-refractivity contribution in [1.29, 1.82) is 0 Å². The van der Waals surface area contributed by atoms with E-state index in [9.17, 15) is 9.59 Å². The van der Waals surface area contributed by atoms with Gasteiger partial charge in [0.1, 0.15) is 0 Å². The second kappa shape index (κ2) is 9.56. The second-order valence-electron chi connectivity index (χ2n) is 7.55. The van der Waals surface area contributed by atoms with Gasteiger partial charge in [-0.1, -0.05) is 32.8 Å². The van der Waals surface area contributed by atoms with Crippen LogP contribution in [0.2, 0.25) is 0 Å². The van der Waals surface area contributed by atoms with Gasteiger partial charge in [0.2, 0.25) is 0 Å². The smallest absolute Gasteiger partial charge is 0.274 e. The number of rotatable bonds is 7. The van der Waals surface area contributed by atoms with Gasteiger partial charge in [-0.3, -0.25) is 14.8 Å². The van der Waals surface area contributed by atoms with Crippen LogP contribution >= 0.6 is 0 Å². The molecule has 6 heteroatoms. The number of carbonyl (C=O) groups is 2. The molecule has 4 N–H and O–H groups in total. The Morgan fingerprint density at radius 1 is 1.00 bits per heavy atom. The molecule has 3 rings (SSSR count). The second-order valence-corrected chi connectivity index (χ2v) is 7.55. The Hall–Kier alpha value is -2.86. The molecule has 154 valence electrons. The number of nitrogens with one attached hydrogen (secondary N) is 3. The van der Waals surface area contributed by atoms with Crippen molar-refractivity contribution in [2.75, 3.05) is 11.9 Å². The minimum atomic E-state index is -0.547. The van der Waals surface area contributed by atoms with Crippen LogP contribution in [0.25, 0.3) is 0 Å². The first-order valence-electron chi connectivity index (χ1n) is 10.3. The summed E-state index contributed by atoms with van der Waals surface area (Å²) in [4.78, 5) is 24.5. The third-order valence-corrected chi connectivity index (χ3v) is 5.32. The van der Waals surface area contributed by atoms with Crippen molar-refractivity contribution in [2.45, 2.75) is 52.0 Å². The van der Waals surface area contributed by atoms with Gasteiger partial charge in [-0.25, -0.2) is 5.48 Å². The van der Waals surface area contributed by atoms with Crippen molar-refractivity contribution in [1.82, 2.24) is 10.8 Å². The molecule has 29 heavy (non-hydrogen) atoms. The highest BCUT2D eigenvalue weighted by Crippen LogP contribution is 2.24. The molecule has 1 atom stereocenters. The molecule has 0 spiro atoms. The highest BCUT2D eigenvalue weighted by molar-refractivity contribution is 5.95. The lowest BCUT2D eigenvalue weighted by Gasteiger charge is -2.27. The summed E-state index contributed by atoms with van der Waals surface area (Å²) in [5.74, 6) is -0.625. The van der Waals surface area contributed by atoms with Crippen LogP contribution in [0.4, 0.5) is 5.69 Å². The lowest BCUT2D eigenvalue weighted by atomic mass is 9.95. The molecule has 0 fully saturated rings. The number of hydrogen-bond donors (Lipinski definition) is 4. The summed E-state index contributed by atoms with van der Waals surface area (Å²) >= 11 is 0. The summed E-state index contributed by atoms with van der Waals surface area (Å²) in [7, 11) is 0. The molecule has 2 amide bonds. The monoisotopic (exact) mass is 395 g/mol. The Morgan fingerprint density at radius 2 is 1.69 bits per heavy atom. The van der Waals surface area contributed by atoms with Gasteiger partial charge < -0.3 is 10.6 Å². The van der Waals surface area contributed by atoms with Crippen molar-refractivity contribution in [3.05, 3.63) is 64.2 Å². The summed E-state index contributed by atoms with van der Waals surface area (Å²) < 4.78 is 0. The molecule has 0 saturated heterocycles. The Bertz CT molecular complexity index is 895. The zero-order valence-corrected chi connectivity index (χ0v) is 17.0. The van der Waals surface area contributed by atoms with Crippen LogP contribution in [0.1, 0.15) is 64.1 Å². The van der Waals surface area contributed by atoms with Crippen LogP contribution in [0.5, 0.6) is 0 Å². The number of anilines is 1. The van der Waals surface area contributed by atoms with Crippen molar-refractivity contribution in [3.63, 3.8) is 0 Å². The van der Waals surface area contributed by atoms with Crippen LogP contribution in [0.15, 0.2) is 36.4 Å². The van der Waals surface area contributed by atoms with Gasteiger partial charge in [0.25, 0.3) is 11.8 Å². The number of aryl methyl sites for hydroxylation is 2. The zero-order valence-electron chi connectivity index (χ0n) is 17.0. The predicted molar refractivity (Wildman–Crippen MR) is 114 cm³/mol. The molecule has 6 nitrogen and oxygen atoms in total. The minimum absolute atomic E-state index is 0.0765. The van der Waals surface area contributed by atoms with E-state index in [1.807, 2.05) is 18.2 Å². The van der Waals surface area contributed by atoms with E-state index in [0.717, 1.165) is 36.9 Å². The normalized spacial score (nSPS) is 15.2. The summed E-state index contributed by atoms with van der Waals surface area (Å²) in [5.41, 5.74) is 7.19. The van der Waals surface area contributed by atoms with E-state index >= 15 is 0 Å². The molecule has 2 aromatic carbocycles. The van der Waals surface area contributed by atoms with Gasteiger partial charge in [0.05, 0.1) is 6.04 Å². The maximum atomic E-state index is 12.8. The van der Waals surface area contributed by atoms with E-state index in [0.29, 0.717) is 24.1 Å². The highest BCUT2D eigenvalue weighted by atomic mass is 16.5. The van der Waals surface area contributed by atoms with Crippen molar-refractivity contribution in [3.8, 4) is 0 Å². The average molecular weight is 396 g/mol. The maximum absolute atomic E-state index is 12.8. The SMILES string of the molecule is CCCc1ccc(C(=O)NC2CNc3ccc(C(=O)NO)cc3C2)cc1CCC. The van der Waals surface area contributed by atoms with Crippen LogP contribution < -0.4 is 16.1 Å². The Kier molecular flexibility index (Phi) is 6.88. The largest absolute Gasteiger partial charge is 0.383 e. The number of carbonyl (C=O) groups excluding carboxylic acids is 2. The first-order chi connectivity index (χ1) is 14.0. The van der Waals surface area contributed by atoms with Crippen LogP contribution in [0, 0.1) is 0 Å². The molecule has 0 aromatic heterocycles. The maximum Gasteiger partial charge on any atom is 0.274 e. The molecule has 0 bridgehead atoms. The van der Waals surface area contributed by atoms with Gasteiger partial charge in [0.15, 0.2) is 0 Å². The topological polar surface area (TPSA) is 90.5 Å². The predicted octanol–water partition coefficient (Wildman–Crippen LogP) is 3.48. The van der Waals surface area contributed by atoms with Crippen molar-refractivity contribution >= 4 is 17.5 Å². The van der Waals surface area contributed by atoms with Gasteiger partial charge >= 0.3 is 0 Å². The molecular weight excluding hydrogens is 366 g/mol. The molecular formula is C23H29N3O3. The Balaban J connectivity index is 1.72. The first kappa shape index (κ1) is 20.9. The number of amides is 2. The van der Waals surface area contributed by atoms with Gasteiger partial charge in [-0.15, -0.1) is 0 Å². The number of hydrogen-bond acceptors (Lipinski definition) is 4. The van der Waals surface area contributed by atoms with Crippen molar-refractivity contribution in [2.24, 2.45) is 0 Å². The van der Waals surface area contributed by atoms with Crippen molar-refractivity contribution < 1.29 is 14.8 Å². The van der Waals surface area contributed by atoms with E-state index in [1.54, 1.807) is 17.6 Å². The molecule has 0 aliphatic carbocycles. The van der Waals surface area contributed by atoms with E-state index in [1.165, 1.54) is 11.1 Å².